The summed E-state index contributed by atoms with van der Waals surface area (Å²) in [5, 5.41) is 9.01. The highest BCUT2D eigenvalue weighted by molar-refractivity contribution is 7.89. The van der Waals surface area contributed by atoms with E-state index in [2.05, 4.69) is 0 Å². The minimum Gasteiger partial charge on any atom is -0.481 e. The summed E-state index contributed by atoms with van der Waals surface area (Å²) in [4.78, 5) is 11.0. The second-order valence-corrected chi connectivity index (χ2v) is 6.71. The average Bonchev–Trinajstić information content (AvgIpc) is 2.60. The Balaban J connectivity index is 2.69. The van der Waals surface area contributed by atoms with Crippen LogP contribution in [0.15, 0.2) is 0 Å². The molecule has 0 radical (unpaired) electrons. The molecule has 0 aromatic heterocycles. The highest BCUT2D eigenvalue weighted by Gasteiger charge is 2.44. The van der Waals surface area contributed by atoms with Crippen molar-refractivity contribution < 1.29 is 18.3 Å². The van der Waals surface area contributed by atoms with Crippen molar-refractivity contribution >= 4 is 16.0 Å². The molecule has 16 heavy (non-hydrogen) atoms. The predicted octanol–water partition coefficient (Wildman–Crippen LogP) is 0.913. The van der Waals surface area contributed by atoms with Crippen LogP contribution in [0.5, 0.6) is 0 Å². The van der Waals surface area contributed by atoms with Gasteiger partial charge in [-0.1, -0.05) is 13.3 Å². The Bertz CT molecular complexity index is 365. The first-order valence-corrected chi connectivity index (χ1v) is 7.14. The van der Waals surface area contributed by atoms with Gasteiger partial charge >= 0.3 is 5.97 Å². The maximum atomic E-state index is 11.8. The van der Waals surface area contributed by atoms with E-state index in [0.29, 0.717) is 19.4 Å². The summed E-state index contributed by atoms with van der Waals surface area (Å²) in [6.07, 6.45) is 1.85. The number of sulfonamides is 1. The van der Waals surface area contributed by atoms with E-state index in [4.69, 9.17) is 5.11 Å². The molecule has 1 rings (SSSR count). The van der Waals surface area contributed by atoms with Gasteiger partial charge in [0.25, 0.3) is 0 Å². The number of carboxylic acids is 1. The fourth-order valence-electron chi connectivity index (χ4n) is 1.79. The van der Waals surface area contributed by atoms with Crippen LogP contribution < -0.4 is 0 Å². The molecule has 1 atom stereocenters. The van der Waals surface area contributed by atoms with E-state index in [1.807, 2.05) is 6.92 Å². The van der Waals surface area contributed by atoms with Gasteiger partial charge < -0.3 is 5.11 Å². The molecule has 1 aliphatic heterocycles. The fourth-order valence-corrected chi connectivity index (χ4v) is 3.55. The van der Waals surface area contributed by atoms with E-state index < -0.39 is 21.4 Å². The summed E-state index contributed by atoms with van der Waals surface area (Å²) in [6.45, 7) is 3.97. The van der Waals surface area contributed by atoms with Crippen molar-refractivity contribution in [2.24, 2.45) is 5.41 Å². The van der Waals surface area contributed by atoms with Gasteiger partial charge in [-0.15, -0.1) is 0 Å². The maximum absolute atomic E-state index is 11.8. The second kappa shape index (κ2) is 4.71. The van der Waals surface area contributed by atoms with Crippen LogP contribution in [0.4, 0.5) is 0 Å². The summed E-state index contributed by atoms with van der Waals surface area (Å²) in [5.41, 5.74) is -0.917. The summed E-state index contributed by atoms with van der Waals surface area (Å²) in [6, 6.07) is 0. The lowest BCUT2D eigenvalue weighted by Crippen LogP contribution is -2.36. The molecule has 0 saturated carbocycles. The Kier molecular flexibility index (Phi) is 3.96. The first kappa shape index (κ1) is 13.4. The van der Waals surface area contributed by atoms with Crippen LogP contribution in [0.1, 0.15) is 33.1 Å². The van der Waals surface area contributed by atoms with Gasteiger partial charge in [0.2, 0.25) is 10.0 Å². The lowest BCUT2D eigenvalue weighted by atomic mass is 9.90. The quantitative estimate of drug-likeness (QED) is 0.786. The molecular weight excluding hydrogens is 230 g/mol. The van der Waals surface area contributed by atoms with Crippen molar-refractivity contribution in [2.75, 3.05) is 18.8 Å². The van der Waals surface area contributed by atoms with Crippen molar-refractivity contribution in [2.45, 2.75) is 33.1 Å². The fraction of sp³-hybridized carbons (Fsp3) is 0.900. The third-order valence-corrected chi connectivity index (χ3v) is 5.01. The predicted molar refractivity (Wildman–Crippen MR) is 60.6 cm³/mol. The summed E-state index contributed by atoms with van der Waals surface area (Å²) in [7, 11) is -3.26. The SMILES string of the molecule is CCCCS(=O)(=O)N1CCC(C)(C(=O)O)C1. The Morgan fingerprint density at radius 3 is 2.56 bits per heavy atom. The maximum Gasteiger partial charge on any atom is 0.310 e. The largest absolute Gasteiger partial charge is 0.481 e. The average molecular weight is 249 g/mol. The number of hydrogen-bond donors (Lipinski definition) is 1. The first-order chi connectivity index (χ1) is 7.32. The Labute approximate surface area is 96.5 Å². The molecule has 0 aromatic rings. The third-order valence-electron chi connectivity index (χ3n) is 3.10. The molecule has 0 aliphatic carbocycles. The highest BCUT2D eigenvalue weighted by atomic mass is 32.2. The molecule has 0 spiro atoms. The minimum atomic E-state index is -3.26. The summed E-state index contributed by atoms with van der Waals surface area (Å²) in [5.74, 6) is -0.792. The molecular formula is C10H19NO4S. The first-order valence-electron chi connectivity index (χ1n) is 5.53. The molecule has 1 aliphatic rings. The molecule has 0 aromatic carbocycles. The van der Waals surface area contributed by atoms with E-state index in [-0.39, 0.29) is 12.3 Å². The topological polar surface area (TPSA) is 74.7 Å². The molecule has 0 amide bonds. The zero-order chi connectivity index (χ0) is 12.4. The number of hydrogen-bond acceptors (Lipinski definition) is 3. The standard InChI is InChI=1S/C10H19NO4S/c1-3-4-7-16(14,15)11-6-5-10(2,8-11)9(12)13/h3-8H2,1-2H3,(H,12,13). The van der Waals surface area contributed by atoms with Gasteiger partial charge in [0.05, 0.1) is 11.2 Å². The van der Waals surface area contributed by atoms with E-state index in [1.54, 1.807) is 6.92 Å². The monoisotopic (exact) mass is 249 g/mol. The Hall–Kier alpha value is -0.620. The smallest absolute Gasteiger partial charge is 0.310 e. The number of aliphatic carboxylic acids is 1. The molecule has 0 bridgehead atoms. The number of carbonyl (C=O) groups is 1. The third kappa shape index (κ3) is 2.74. The van der Waals surface area contributed by atoms with E-state index in [1.165, 1.54) is 4.31 Å². The molecule has 1 unspecified atom stereocenters. The lowest BCUT2D eigenvalue weighted by molar-refractivity contribution is -0.146. The van der Waals surface area contributed by atoms with Crippen molar-refractivity contribution in [3.63, 3.8) is 0 Å². The van der Waals surface area contributed by atoms with Crippen molar-refractivity contribution in [3.05, 3.63) is 0 Å². The van der Waals surface area contributed by atoms with Gasteiger partial charge in [-0.25, -0.2) is 12.7 Å². The van der Waals surface area contributed by atoms with Gasteiger partial charge in [0.1, 0.15) is 0 Å². The van der Waals surface area contributed by atoms with Crippen LogP contribution in [-0.2, 0) is 14.8 Å². The number of nitrogens with zero attached hydrogens (tertiary/aromatic N) is 1. The van der Waals surface area contributed by atoms with E-state index >= 15 is 0 Å². The van der Waals surface area contributed by atoms with Crippen LogP contribution in [0.25, 0.3) is 0 Å². The molecule has 1 fully saturated rings. The van der Waals surface area contributed by atoms with Crippen LogP contribution >= 0.6 is 0 Å². The van der Waals surface area contributed by atoms with Crippen molar-refractivity contribution in [3.8, 4) is 0 Å². The summed E-state index contributed by atoms with van der Waals surface area (Å²) < 4.78 is 25.0. The molecule has 94 valence electrons. The number of carboxylic acid groups (broad SMARTS) is 1. The normalized spacial score (nSPS) is 27.1. The highest BCUT2D eigenvalue weighted by Crippen LogP contribution is 2.31. The van der Waals surface area contributed by atoms with Crippen LogP contribution in [-0.4, -0.2) is 42.6 Å². The molecule has 6 heteroatoms. The van der Waals surface area contributed by atoms with Crippen molar-refractivity contribution in [1.82, 2.24) is 4.31 Å². The number of unbranched alkanes of at least 4 members (excludes halogenated alkanes) is 1. The Morgan fingerprint density at radius 2 is 2.12 bits per heavy atom. The van der Waals surface area contributed by atoms with Gasteiger partial charge in [-0.05, 0) is 19.8 Å². The van der Waals surface area contributed by atoms with Crippen molar-refractivity contribution in [1.29, 1.82) is 0 Å². The zero-order valence-corrected chi connectivity index (χ0v) is 10.6. The van der Waals surface area contributed by atoms with Crippen LogP contribution in [0.2, 0.25) is 0 Å². The molecule has 5 nitrogen and oxygen atoms in total. The lowest BCUT2D eigenvalue weighted by Gasteiger charge is -2.19. The molecule has 1 heterocycles. The van der Waals surface area contributed by atoms with Crippen LogP contribution in [0, 0.1) is 5.41 Å². The molecule has 1 N–H and O–H groups in total. The van der Waals surface area contributed by atoms with Gasteiger partial charge in [0.15, 0.2) is 0 Å². The Morgan fingerprint density at radius 1 is 1.50 bits per heavy atom. The van der Waals surface area contributed by atoms with Gasteiger partial charge in [0, 0.05) is 13.1 Å². The minimum absolute atomic E-state index is 0.106. The second-order valence-electron chi connectivity index (χ2n) is 4.62. The van der Waals surface area contributed by atoms with E-state index in [0.717, 1.165) is 6.42 Å². The van der Waals surface area contributed by atoms with Gasteiger partial charge in [-0.3, -0.25) is 4.79 Å². The van der Waals surface area contributed by atoms with Gasteiger partial charge in [-0.2, -0.15) is 0 Å². The van der Waals surface area contributed by atoms with Crippen LogP contribution in [0.3, 0.4) is 0 Å². The number of rotatable bonds is 5. The molecule has 1 saturated heterocycles. The zero-order valence-electron chi connectivity index (χ0n) is 9.77. The van der Waals surface area contributed by atoms with E-state index in [9.17, 15) is 13.2 Å². The summed E-state index contributed by atoms with van der Waals surface area (Å²) >= 11 is 0.